The Balaban J connectivity index is 1.43. The van der Waals surface area contributed by atoms with E-state index in [1.165, 1.54) is 63.0 Å². The molecule has 0 saturated heterocycles. The van der Waals surface area contributed by atoms with Crippen LogP contribution in [0.15, 0.2) is 60.7 Å². The van der Waals surface area contributed by atoms with Gasteiger partial charge in [-0.2, -0.15) is 0 Å². The fourth-order valence-corrected chi connectivity index (χ4v) is 5.05. The van der Waals surface area contributed by atoms with E-state index in [4.69, 9.17) is 0 Å². The highest BCUT2D eigenvalue weighted by molar-refractivity contribution is 5.71. The van der Waals surface area contributed by atoms with Gasteiger partial charge in [-0.1, -0.05) is 69.0 Å². The highest BCUT2D eigenvalue weighted by atomic mass is 19.1. The molecule has 1 saturated carbocycles. The van der Waals surface area contributed by atoms with Gasteiger partial charge < -0.3 is 0 Å². The van der Waals surface area contributed by atoms with Gasteiger partial charge in [0.15, 0.2) is 0 Å². The Bertz CT molecular complexity index is 1010. The van der Waals surface area contributed by atoms with Gasteiger partial charge in [-0.15, -0.1) is 0 Å². The van der Waals surface area contributed by atoms with Crippen LogP contribution in [0.25, 0.3) is 22.3 Å². The SMILES string of the molecule is CCCCCC1CCC(c2ccc(-c3ccc(-c4cc(F)cc(F)c4)c(F)c3)cc2)CC1. The summed E-state index contributed by atoms with van der Waals surface area (Å²) in [5.41, 5.74) is 3.46. The van der Waals surface area contributed by atoms with Crippen LogP contribution in [0.4, 0.5) is 13.2 Å². The molecule has 168 valence electrons. The molecule has 3 heteroatoms. The van der Waals surface area contributed by atoms with Crippen LogP contribution in [0.2, 0.25) is 0 Å². The molecule has 0 N–H and O–H groups in total. The van der Waals surface area contributed by atoms with Crippen molar-refractivity contribution < 1.29 is 13.2 Å². The average molecular weight is 437 g/mol. The Morgan fingerprint density at radius 3 is 1.97 bits per heavy atom. The molecule has 4 rings (SSSR count). The lowest BCUT2D eigenvalue weighted by Crippen LogP contribution is -2.13. The molecule has 0 atom stereocenters. The van der Waals surface area contributed by atoms with Crippen LogP contribution < -0.4 is 0 Å². The van der Waals surface area contributed by atoms with E-state index in [1.54, 1.807) is 12.1 Å². The maximum atomic E-state index is 14.8. The minimum Gasteiger partial charge on any atom is -0.207 e. The van der Waals surface area contributed by atoms with E-state index in [1.807, 2.05) is 0 Å². The van der Waals surface area contributed by atoms with E-state index in [0.29, 0.717) is 5.92 Å². The van der Waals surface area contributed by atoms with Crippen molar-refractivity contribution in [2.75, 3.05) is 0 Å². The normalized spacial score (nSPS) is 18.6. The fourth-order valence-electron chi connectivity index (χ4n) is 5.05. The van der Waals surface area contributed by atoms with E-state index in [9.17, 15) is 13.2 Å². The minimum absolute atomic E-state index is 0.194. The quantitative estimate of drug-likeness (QED) is 0.324. The smallest absolute Gasteiger partial charge is 0.131 e. The van der Waals surface area contributed by atoms with Crippen LogP contribution in [0.5, 0.6) is 0 Å². The summed E-state index contributed by atoms with van der Waals surface area (Å²) in [4.78, 5) is 0. The molecule has 0 aliphatic heterocycles. The third-order valence-electron chi connectivity index (χ3n) is 6.92. The summed E-state index contributed by atoms with van der Waals surface area (Å²) in [5, 5.41) is 0. The molecule has 0 spiro atoms. The first-order chi connectivity index (χ1) is 15.5. The second-order valence-electron chi connectivity index (χ2n) is 9.19. The van der Waals surface area contributed by atoms with Crippen molar-refractivity contribution in [3.8, 4) is 22.3 Å². The van der Waals surface area contributed by atoms with Crippen molar-refractivity contribution in [3.63, 3.8) is 0 Å². The Hall–Kier alpha value is -2.55. The Labute approximate surface area is 189 Å². The van der Waals surface area contributed by atoms with Crippen molar-refractivity contribution in [1.29, 1.82) is 0 Å². The average Bonchev–Trinajstić information content (AvgIpc) is 2.79. The zero-order chi connectivity index (χ0) is 22.5. The Kier molecular flexibility index (Phi) is 7.34. The summed E-state index contributed by atoms with van der Waals surface area (Å²) in [6.07, 6.45) is 10.5. The summed E-state index contributed by atoms with van der Waals surface area (Å²) in [5.74, 6) is -0.403. The van der Waals surface area contributed by atoms with Gasteiger partial charge in [0.1, 0.15) is 17.5 Å². The first-order valence-electron chi connectivity index (χ1n) is 11.9. The largest absolute Gasteiger partial charge is 0.207 e. The predicted molar refractivity (Wildman–Crippen MR) is 126 cm³/mol. The molecule has 1 aliphatic rings. The van der Waals surface area contributed by atoms with E-state index >= 15 is 0 Å². The zero-order valence-electron chi connectivity index (χ0n) is 18.7. The summed E-state index contributed by atoms with van der Waals surface area (Å²) >= 11 is 0. The molecule has 0 unspecified atom stereocenters. The van der Waals surface area contributed by atoms with Crippen LogP contribution in [0.1, 0.15) is 69.8 Å². The summed E-state index contributed by atoms with van der Waals surface area (Å²) in [6.45, 7) is 2.26. The molecule has 1 aliphatic carbocycles. The minimum atomic E-state index is -0.714. The number of unbranched alkanes of at least 4 members (excludes halogenated alkanes) is 2. The maximum Gasteiger partial charge on any atom is 0.131 e. The van der Waals surface area contributed by atoms with Gasteiger partial charge in [-0.05, 0) is 78.0 Å². The van der Waals surface area contributed by atoms with Crippen molar-refractivity contribution in [3.05, 3.63) is 83.7 Å². The summed E-state index contributed by atoms with van der Waals surface area (Å²) in [7, 11) is 0. The van der Waals surface area contributed by atoms with Gasteiger partial charge in [0.2, 0.25) is 0 Å². The maximum absolute atomic E-state index is 14.8. The van der Waals surface area contributed by atoms with E-state index in [0.717, 1.165) is 35.2 Å². The first-order valence-corrected chi connectivity index (χ1v) is 11.9. The molecule has 0 amide bonds. The number of hydrogen-bond donors (Lipinski definition) is 0. The molecule has 0 radical (unpaired) electrons. The van der Waals surface area contributed by atoms with Crippen molar-refractivity contribution in [2.45, 2.75) is 64.2 Å². The van der Waals surface area contributed by atoms with Crippen LogP contribution >= 0.6 is 0 Å². The lowest BCUT2D eigenvalue weighted by molar-refractivity contribution is 0.303. The second kappa shape index (κ2) is 10.4. The molecule has 3 aromatic rings. The highest BCUT2D eigenvalue weighted by Gasteiger charge is 2.22. The van der Waals surface area contributed by atoms with Crippen LogP contribution in [-0.4, -0.2) is 0 Å². The molecule has 0 nitrogen and oxygen atoms in total. The molecule has 3 aromatic carbocycles. The van der Waals surface area contributed by atoms with Gasteiger partial charge in [-0.3, -0.25) is 0 Å². The number of hydrogen-bond acceptors (Lipinski definition) is 0. The van der Waals surface area contributed by atoms with E-state index < -0.39 is 17.5 Å². The fraction of sp³-hybridized carbons (Fsp3) is 0.379. The van der Waals surface area contributed by atoms with Gasteiger partial charge >= 0.3 is 0 Å². The lowest BCUT2D eigenvalue weighted by Gasteiger charge is -2.29. The highest BCUT2D eigenvalue weighted by Crippen LogP contribution is 2.38. The molecule has 32 heavy (non-hydrogen) atoms. The molecule has 1 fully saturated rings. The van der Waals surface area contributed by atoms with Crippen LogP contribution in [-0.2, 0) is 0 Å². The van der Waals surface area contributed by atoms with E-state index in [2.05, 4.69) is 31.2 Å². The first kappa shape index (κ1) is 22.6. The van der Waals surface area contributed by atoms with Crippen molar-refractivity contribution in [2.24, 2.45) is 5.92 Å². The monoisotopic (exact) mass is 436 g/mol. The zero-order valence-corrected chi connectivity index (χ0v) is 18.7. The summed E-state index contributed by atoms with van der Waals surface area (Å²) < 4.78 is 41.8. The Morgan fingerprint density at radius 2 is 1.34 bits per heavy atom. The molecular weight excluding hydrogens is 405 g/mol. The van der Waals surface area contributed by atoms with Gasteiger partial charge in [0.05, 0.1) is 0 Å². The molecular formula is C29H31F3. The third-order valence-corrected chi connectivity index (χ3v) is 6.92. The van der Waals surface area contributed by atoms with Crippen LogP contribution in [0, 0.1) is 23.4 Å². The lowest BCUT2D eigenvalue weighted by atomic mass is 9.77. The van der Waals surface area contributed by atoms with Gasteiger partial charge in [0.25, 0.3) is 0 Å². The van der Waals surface area contributed by atoms with Gasteiger partial charge in [0, 0.05) is 11.6 Å². The number of benzene rings is 3. The van der Waals surface area contributed by atoms with Crippen LogP contribution in [0.3, 0.4) is 0 Å². The number of rotatable bonds is 7. The standard InChI is InChI=1S/C29H31F3/c1-2-3-4-5-20-6-8-21(9-7-20)22-10-12-23(13-11-22)24-14-15-28(29(32)18-24)25-16-26(30)19-27(31)17-25/h10-21H,2-9H2,1H3. The molecule has 0 bridgehead atoms. The number of halogens is 3. The predicted octanol–water partition coefficient (Wildman–Crippen LogP) is 9.29. The Morgan fingerprint density at radius 1 is 0.688 bits per heavy atom. The summed E-state index contributed by atoms with van der Waals surface area (Å²) in [6, 6.07) is 16.4. The topological polar surface area (TPSA) is 0 Å². The molecule has 0 heterocycles. The molecule has 0 aromatic heterocycles. The van der Waals surface area contributed by atoms with Crippen molar-refractivity contribution >= 4 is 0 Å². The van der Waals surface area contributed by atoms with Crippen molar-refractivity contribution in [1.82, 2.24) is 0 Å². The van der Waals surface area contributed by atoms with Gasteiger partial charge in [-0.25, -0.2) is 13.2 Å². The van der Waals surface area contributed by atoms with E-state index in [-0.39, 0.29) is 11.1 Å². The third kappa shape index (κ3) is 5.43. The second-order valence-corrected chi connectivity index (χ2v) is 9.19.